The smallest absolute Gasteiger partial charge is 0.338 e. The van der Waals surface area contributed by atoms with Crippen molar-refractivity contribution < 1.29 is 39.5 Å². The molecule has 0 bridgehead atoms. The van der Waals surface area contributed by atoms with Crippen LogP contribution in [0.5, 0.6) is 11.5 Å². The van der Waals surface area contributed by atoms with Crippen LogP contribution in [0.2, 0.25) is 0 Å². The Morgan fingerprint density at radius 3 is 2.37 bits per heavy atom. The number of phenolic OH excluding ortho intramolecular Hbond substituents is 2. The first-order valence-corrected chi connectivity index (χ1v) is 11.2. The molecule has 35 heavy (non-hydrogen) atoms. The third-order valence-electron chi connectivity index (χ3n) is 6.61. The lowest BCUT2D eigenvalue weighted by Crippen LogP contribution is -2.56. The maximum atomic E-state index is 13.2. The molecule has 1 heterocycles. The van der Waals surface area contributed by atoms with Crippen molar-refractivity contribution in [3.8, 4) is 11.5 Å². The van der Waals surface area contributed by atoms with Gasteiger partial charge in [0.25, 0.3) is 0 Å². The van der Waals surface area contributed by atoms with Gasteiger partial charge in [-0.15, -0.1) is 0 Å². The minimum Gasteiger partial charge on any atom is -0.507 e. The normalized spacial score (nSPS) is 25.5. The molecule has 0 radical (unpaired) electrons. The van der Waals surface area contributed by atoms with Gasteiger partial charge < -0.3 is 29.9 Å². The second-order valence-corrected chi connectivity index (χ2v) is 8.89. The summed E-state index contributed by atoms with van der Waals surface area (Å²) in [4.78, 5) is 25.7. The Bertz CT molecular complexity index is 1300. The molecular formula is C27H24O8. The first-order chi connectivity index (χ1) is 16.8. The molecule has 2 aliphatic rings. The number of ketones is 1. The SMILES string of the molecule is Cc1cc(O)c2c(c1)C(C1OCC(OC(=O)c3ccccc3)C(O)C1O)c1cccc(O)c1C2=O. The number of carbonyl (C=O) groups excluding carboxylic acids is 2. The van der Waals surface area contributed by atoms with Crippen molar-refractivity contribution in [2.75, 3.05) is 6.61 Å². The summed E-state index contributed by atoms with van der Waals surface area (Å²) in [6.07, 6.45) is -5.14. The second-order valence-electron chi connectivity index (χ2n) is 8.89. The number of rotatable bonds is 3. The van der Waals surface area contributed by atoms with Crippen LogP contribution >= 0.6 is 0 Å². The zero-order valence-electron chi connectivity index (χ0n) is 18.8. The van der Waals surface area contributed by atoms with Gasteiger partial charge >= 0.3 is 5.97 Å². The summed E-state index contributed by atoms with van der Waals surface area (Å²) in [5, 5.41) is 43.0. The fourth-order valence-corrected chi connectivity index (χ4v) is 4.99. The number of phenols is 2. The number of aliphatic hydroxyl groups excluding tert-OH is 2. The second kappa shape index (κ2) is 8.81. The third kappa shape index (κ3) is 3.85. The molecule has 1 saturated heterocycles. The van der Waals surface area contributed by atoms with Crippen LogP contribution in [0.25, 0.3) is 0 Å². The van der Waals surface area contributed by atoms with Crippen molar-refractivity contribution in [3.05, 3.63) is 94.0 Å². The van der Waals surface area contributed by atoms with Crippen LogP contribution in [0, 0.1) is 6.92 Å². The Morgan fingerprint density at radius 2 is 1.63 bits per heavy atom. The quantitative estimate of drug-likeness (QED) is 0.424. The molecule has 1 aliphatic carbocycles. The van der Waals surface area contributed by atoms with Gasteiger partial charge in [-0.05, 0) is 47.9 Å². The van der Waals surface area contributed by atoms with Gasteiger partial charge in [0, 0.05) is 5.92 Å². The number of hydrogen-bond donors (Lipinski definition) is 4. The maximum Gasteiger partial charge on any atom is 0.338 e. The van der Waals surface area contributed by atoms with E-state index in [0.717, 1.165) is 0 Å². The van der Waals surface area contributed by atoms with Crippen LogP contribution in [0.1, 0.15) is 48.9 Å². The van der Waals surface area contributed by atoms with E-state index < -0.39 is 42.1 Å². The average Bonchev–Trinajstić information content (AvgIpc) is 2.83. The first-order valence-electron chi connectivity index (χ1n) is 11.2. The van der Waals surface area contributed by atoms with Gasteiger partial charge in [-0.1, -0.05) is 36.4 Å². The van der Waals surface area contributed by atoms with Crippen molar-refractivity contribution in [2.45, 2.75) is 37.3 Å². The highest BCUT2D eigenvalue weighted by Gasteiger charge is 2.48. The Hall–Kier alpha value is -3.72. The summed E-state index contributed by atoms with van der Waals surface area (Å²) in [5.74, 6) is -2.49. The van der Waals surface area contributed by atoms with Crippen LogP contribution in [0.3, 0.4) is 0 Å². The lowest BCUT2D eigenvalue weighted by molar-refractivity contribution is -0.191. The van der Waals surface area contributed by atoms with Gasteiger partial charge in [-0.25, -0.2) is 4.79 Å². The number of esters is 1. The van der Waals surface area contributed by atoms with Crippen LogP contribution in [0.4, 0.5) is 0 Å². The average molecular weight is 476 g/mol. The Kier molecular flexibility index (Phi) is 5.80. The molecule has 1 aliphatic heterocycles. The van der Waals surface area contributed by atoms with Crippen molar-refractivity contribution in [1.82, 2.24) is 0 Å². The van der Waals surface area contributed by atoms with E-state index in [2.05, 4.69) is 0 Å². The molecule has 0 spiro atoms. The molecule has 5 unspecified atom stereocenters. The number of aliphatic hydroxyl groups is 2. The van der Waals surface area contributed by atoms with E-state index in [1.165, 1.54) is 12.1 Å². The first kappa shape index (κ1) is 23.0. The fraction of sp³-hybridized carbons (Fsp3) is 0.259. The largest absolute Gasteiger partial charge is 0.507 e. The zero-order valence-corrected chi connectivity index (χ0v) is 18.8. The summed E-state index contributed by atoms with van der Waals surface area (Å²) in [5.41, 5.74) is 1.82. The van der Waals surface area contributed by atoms with Crippen LogP contribution < -0.4 is 0 Å². The molecule has 4 N–H and O–H groups in total. The molecule has 180 valence electrons. The molecule has 1 fully saturated rings. The Morgan fingerprint density at radius 1 is 0.914 bits per heavy atom. The third-order valence-corrected chi connectivity index (χ3v) is 6.61. The number of ether oxygens (including phenoxy) is 2. The number of aryl methyl sites for hydroxylation is 1. The lowest BCUT2D eigenvalue weighted by Gasteiger charge is -2.42. The molecule has 8 heteroatoms. The standard InChI is InChI=1S/C27H24O8/c1-13-10-16-20(15-8-5-9-17(28)21(15)24(31)22(16)18(29)11-13)26-25(32)23(30)19(12-34-26)35-27(33)14-6-3-2-4-7-14/h2-11,19-20,23,25-26,28-30,32H,12H2,1H3. The predicted octanol–water partition coefficient (Wildman–Crippen LogP) is 2.43. The molecular weight excluding hydrogens is 452 g/mol. The van der Waals surface area contributed by atoms with Crippen LogP contribution in [-0.4, -0.2) is 63.2 Å². The van der Waals surface area contributed by atoms with Gasteiger partial charge in [-0.2, -0.15) is 0 Å². The van der Waals surface area contributed by atoms with Gasteiger partial charge in [-0.3, -0.25) is 4.79 Å². The maximum absolute atomic E-state index is 13.2. The van der Waals surface area contributed by atoms with Crippen LogP contribution in [0.15, 0.2) is 60.7 Å². The predicted molar refractivity (Wildman–Crippen MR) is 124 cm³/mol. The van der Waals surface area contributed by atoms with E-state index in [1.807, 2.05) is 0 Å². The summed E-state index contributed by atoms with van der Waals surface area (Å²) in [7, 11) is 0. The monoisotopic (exact) mass is 476 g/mol. The van der Waals surface area contributed by atoms with Gasteiger partial charge in [0.05, 0.1) is 29.4 Å². The highest BCUT2D eigenvalue weighted by atomic mass is 16.6. The minimum absolute atomic E-state index is 0.00655. The molecule has 5 rings (SSSR count). The van der Waals surface area contributed by atoms with E-state index in [4.69, 9.17) is 9.47 Å². The number of carbonyl (C=O) groups is 2. The lowest BCUT2D eigenvalue weighted by atomic mass is 9.71. The molecule has 3 aromatic rings. The highest BCUT2D eigenvalue weighted by Crippen LogP contribution is 2.47. The topological polar surface area (TPSA) is 134 Å². The fourth-order valence-electron chi connectivity index (χ4n) is 4.99. The summed E-state index contributed by atoms with van der Waals surface area (Å²) < 4.78 is 11.4. The summed E-state index contributed by atoms with van der Waals surface area (Å²) in [6.45, 7) is 1.55. The zero-order chi connectivity index (χ0) is 24.9. The van der Waals surface area contributed by atoms with Gasteiger partial charge in [0.2, 0.25) is 5.78 Å². The number of aromatic hydroxyl groups is 2. The van der Waals surface area contributed by atoms with E-state index in [0.29, 0.717) is 22.3 Å². The number of hydrogen-bond acceptors (Lipinski definition) is 8. The molecule has 0 amide bonds. The molecule has 3 aromatic carbocycles. The molecule has 8 nitrogen and oxygen atoms in total. The molecule has 5 atom stereocenters. The van der Waals surface area contributed by atoms with Crippen molar-refractivity contribution >= 4 is 11.8 Å². The van der Waals surface area contributed by atoms with Crippen molar-refractivity contribution in [1.29, 1.82) is 0 Å². The van der Waals surface area contributed by atoms with E-state index in [-0.39, 0.29) is 29.2 Å². The van der Waals surface area contributed by atoms with E-state index in [1.54, 1.807) is 55.5 Å². The minimum atomic E-state index is -1.50. The number of fused-ring (bicyclic) bond motifs is 2. The van der Waals surface area contributed by atoms with Gasteiger partial charge in [0.1, 0.15) is 23.7 Å². The van der Waals surface area contributed by atoms with Crippen LogP contribution in [-0.2, 0) is 9.47 Å². The van der Waals surface area contributed by atoms with Gasteiger partial charge in [0.15, 0.2) is 6.10 Å². The Labute approximate surface area is 201 Å². The summed E-state index contributed by atoms with van der Waals surface area (Å²) >= 11 is 0. The highest BCUT2D eigenvalue weighted by molar-refractivity contribution is 6.16. The van der Waals surface area contributed by atoms with E-state index in [9.17, 15) is 30.0 Å². The van der Waals surface area contributed by atoms with Crippen molar-refractivity contribution in [3.63, 3.8) is 0 Å². The summed E-state index contributed by atoms with van der Waals surface area (Å²) in [6, 6.07) is 16.0. The molecule has 0 aromatic heterocycles. The molecule has 0 saturated carbocycles. The number of benzene rings is 3. The van der Waals surface area contributed by atoms with E-state index >= 15 is 0 Å². The Balaban J connectivity index is 1.50. The van der Waals surface area contributed by atoms with Crippen molar-refractivity contribution in [2.24, 2.45) is 0 Å².